The van der Waals surface area contributed by atoms with E-state index in [1.807, 2.05) is 18.2 Å². The summed E-state index contributed by atoms with van der Waals surface area (Å²) in [5.41, 5.74) is 0. The lowest BCUT2D eigenvalue weighted by Gasteiger charge is -2.32. The molecule has 4 rings (SSSR count). The molecule has 0 amide bonds. The molecule has 0 unspecified atom stereocenters. The monoisotopic (exact) mass is 395 g/mol. The lowest BCUT2D eigenvalue weighted by molar-refractivity contribution is 0.126. The molecule has 4 nitrogen and oxygen atoms in total. The predicted molar refractivity (Wildman–Crippen MR) is 93.6 cm³/mol. The minimum absolute atomic E-state index is 0.0302. The van der Waals surface area contributed by atoms with Crippen molar-refractivity contribution < 1.29 is 14.2 Å². The molecule has 2 aliphatic heterocycles. The fourth-order valence-electron chi connectivity index (χ4n) is 2.82. The highest BCUT2D eigenvalue weighted by molar-refractivity contribution is 9.11. The van der Waals surface area contributed by atoms with Gasteiger partial charge in [-0.2, -0.15) is 0 Å². The van der Waals surface area contributed by atoms with Crippen LogP contribution in [0, 0.1) is 0 Å². The highest BCUT2D eigenvalue weighted by Crippen LogP contribution is 2.43. The Kier molecular flexibility index (Phi) is 4.46. The molecule has 1 atom stereocenters. The van der Waals surface area contributed by atoms with E-state index in [-0.39, 0.29) is 12.9 Å². The fraction of sp³-hybridized carbons (Fsp3) is 0.412. The van der Waals surface area contributed by atoms with Gasteiger partial charge in [-0.1, -0.05) is 6.07 Å². The van der Waals surface area contributed by atoms with Crippen molar-refractivity contribution in [2.75, 3.05) is 26.4 Å². The van der Waals surface area contributed by atoms with Crippen LogP contribution in [0.1, 0.15) is 23.8 Å². The van der Waals surface area contributed by atoms with E-state index in [1.165, 1.54) is 24.4 Å². The molecule has 3 heterocycles. The summed E-state index contributed by atoms with van der Waals surface area (Å²) in [5, 5.41) is 0. The Hall–Kier alpha value is -1.24. The molecule has 0 bridgehead atoms. The first-order chi connectivity index (χ1) is 11.3. The van der Waals surface area contributed by atoms with Crippen LogP contribution in [-0.2, 0) is 0 Å². The third-order valence-electron chi connectivity index (χ3n) is 4.20. The van der Waals surface area contributed by atoms with Crippen molar-refractivity contribution >= 4 is 27.3 Å². The highest BCUT2D eigenvalue weighted by atomic mass is 79.9. The van der Waals surface area contributed by atoms with Crippen LogP contribution in [0.2, 0.25) is 0 Å². The van der Waals surface area contributed by atoms with E-state index in [9.17, 15) is 0 Å². The zero-order valence-electron chi connectivity index (χ0n) is 12.7. The molecule has 2 aromatic rings. The Bertz CT molecular complexity index is 686. The molecule has 0 radical (unpaired) electrons. The van der Waals surface area contributed by atoms with Gasteiger partial charge in [-0.05, 0) is 59.7 Å². The molecule has 23 heavy (non-hydrogen) atoms. The van der Waals surface area contributed by atoms with Crippen LogP contribution >= 0.6 is 27.3 Å². The molecule has 1 fully saturated rings. The zero-order chi connectivity index (χ0) is 15.6. The third-order valence-corrected chi connectivity index (χ3v) is 5.91. The average Bonchev–Trinajstić information content (AvgIpc) is 3.13. The minimum atomic E-state index is 0.0302. The number of likely N-dealkylation sites (tertiary alicyclic amines) is 1. The highest BCUT2D eigenvalue weighted by Gasteiger charge is 2.24. The second-order valence-electron chi connectivity index (χ2n) is 5.72. The summed E-state index contributed by atoms with van der Waals surface area (Å²) < 4.78 is 18.5. The predicted octanol–water partition coefficient (Wildman–Crippen LogP) is 4.46. The van der Waals surface area contributed by atoms with Crippen LogP contribution in [0.25, 0.3) is 0 Å². The van der Waals surface area contributed by atoms with Crippen molar-refractivity contribution in [2.45, 2.75) is 18.9 Å². The minimum Gasteiger partial charge on any atom is -0.481 e. The molecule has 1 saturated heterocycles. The van der Waals surface area contributed by atoms with E-state index in [1.54, 1.807) is 11.3 Å². The largest absolute Gasteiger partial charge is 0.481 e. The average molecular weight is 396 g/mol. The van der Waals surface area contributed by atoms with Crippen LogP contribution in [0.3, 0.4) is 0 Å². The maximum Gasteiger partial charge on any atom is 0.231 e. The zero-order valence-corrected chi connectivity index (χ0v) is 15.1. The Morgan fingerprint density at radius 2 is 2.13 bits per heavy atom. The fourth-order valence-corrected chi connectivity index (χ4v) is 4.30. The van der Waals surface area contributed by atoms with Crippen LogP contribution in [0.5, 0.6) is 17.2 Å². The molecular formula is C17H18BrNO3S. The van der Waals surface area contributed by atoms with Crippen LogP contribution < -0.4 is 14.2 Å². The Labute approximate surface area is 148 Å². The molecule has 1 aromatic heterocycles. The summed E-state index contributed by atoms with van der Waals surface area (Å²) in [6.45, 7) is 3.74. The van der Waals surface area contributed by atoms with Crippen molar-refractivity contribution in [1.82, 2.24) is 4.90 Å². The van der Waals surface area contributed by atoms with E-state index in [2.05, 4.69) is 33.0 Å². The van der Waals surface area contributed by atoms with E-state index in [0.29, 0.717) is 0 Å². The van der Waals surface area contributed by atoms with Gasteiger partial charge in [0.05, 0.1) is 3.79 Å². The maximum absolute atomic E-state index is 6.33. The molecule has 0 spiro atoms. The number of hydrogen-bond acceptors (Lipinski definition) is 5. The van der Waals surface area contributed by atoms with Gasteiger partial charge >= 0.3 is 0 Å². The summed E-state index contributed by atoms with van der Waals surface area (Å²) >= 11 is 5.28. The standard InChI is InChI=1S/C17H18BrNO3S/c18-16-6-5-15(23-16)12(7-10-19-8-2-9-19)22-14-4-1-3-13-17(14)21-11-20-13/h1,3-6,12H,2,7-11H2/t12-/m0/s1. The SMILES string of the molecule is Brc1ccc([C@H](CCN2CCC2)Oc2cccc3c2OCO3)s1. The quantitative estimate of drug-likeness (QED) is 0.722. The molecule has 2 aliphatic rings. The van der Waals surface area contributed by atoms with Crippen molar-refractivity contribution in [1.29, 1.82) is 0 Å². The number of rotatable bonds is 6. The number of benzene rings is 1. The van der Waals surface area contributed by atoms with Gasteiger partial charge in [-0.15, -0.1) is 11.3 Å². The van der Waals surface area contributed by atoms with E-state index in [4.69, 9.17) is 14.2 Å². The Balaban J connectivity index is 1.53. The first kappa shape index (κ1) is 15.3. The van der Waals surface area contributed by atoms with Gasteiger partial charge in [0.15, 0.2) is 11.5 Å². The summed E-state index contributed by atoms with van der Waals surface area (Å²) in [4.78, 5) is 3.70. The summed E-state index contributed by atoms with van der Waals surface area (Å²) in [6.07, 6.45) is 2.31. The van der Waals surface area contributed by atoms with Gasteiger partial charge in [0.25, 0.3) is 0 Å². The summed E-state index contributed by atoms with van der Waals surface area (Å²) in [6, 6.07) is 10.0. The third kappa shape index (κ3) is 3.34. The normalized spacial score (nSPS) is 17.8. The maximum atomic E-state index is 6.33. The van der Waals surface area contributed by atoms with E-state index < -0.39 is 0 Å². The summed E-state index contributed by atoms with van der Waals surface area (Å²) in [7, 11) is 0. The topological polar surface area (TPSA) is 30.9 Å². The number of nitrogens with zero attached hydrogens (tertiary/aromatic N) is 1. The van der Waals surface area contributed by atoms with E-state index >= 15 is 0 Å². The van der Waals surface area contributed by atoms with Gasteiger partial charge in [-0.3, -0.25) is 0 Å². The molecule has 1 aromatic carbocycles. The van der Waals surface area contributed by atoms with Gasteiger partial charge < -0.3 is 19.1 Å². The second kappa shape index (κ2) is 6.71. The van der Waals surface area contributed by atoms with E-state index in [0.717, 1.165) is 34.0 Å². The molecule has 6 heteroatoms. The smallest absolute Gasteiger partial charge is 0.231 e. The van der Waals surface area contributed by atoms with Crippen molar-refractivity contribution in [3.8, 4) is 17.2 Å². The molecule has 122 valence electrons. The van der Waals surface area contributed by atoms with Gasteiger partial charge in [0, 0.05) is 17.8 Å². The lowest BCUT2D eigenvalue weighted by Crippen LogP contribution is -2.38. The van der Waals surface area contributed by atoms with Gasteiger partial charge in [0.2, 0.25) is 12.5 Å². The summed E-state index contributed by atoms with van der Waals surface area (Å²) in [5.74, 6) is 2.24. The molecular weight excluding hydrogens is 378 g/mol. The van der Waals surface area contributed by atoms with Crippen molar-refractivity contribution in [2.24, 2.45) is 0 Å². The lowest BCUT2D eigenvalue weighted by atomic mass is 10.1. The first-order valence-corrected chi connectivity index (χ1v) is 9.43. The van der Waals surface area contributed by atoms with Gasteiger partial charge in [-0.25, -0.2) is 0 Å². The number of thiophene rings is 1. The molecule has 0 N–H and O–H groups in total. The number of para-hydroxylation sites is 1. The van der Waals surface area contributed by atoms with Crippen molar-refractivity contribution in [3.05, 3.63) is 39.0 Å². The molecule has 0 saturated carbocycles. The van der Waals surface area contributed by atoms with Crippen LogP contribution in [0.15, 0.2) is 34.1 Å². The number of ether oxygens (including phenoxy) is 3. The van der Waals surface area contributed by atoms with Gasteiger partial charge in [0.1, 0.15) is 6.10 Å². The molecule has 0 aliphatic carbocycles. The number of hydrogen-bond donors (Lipinski definition) is 0. The Morgan fingerprint density at radius 1 is 1.22 bits per heavy atom. The first-order valence-electron chi connectivity index (χ1n) is 7.82. The van der Waals surface area contributed by atoms with Crippen LogP contribution in [0.4, 0.5) is 0 Å². The van der Waals surface area contributed by atoms with Crippen LogP contribution in [-0.4, -0.2) is 31.3 Å². The number of fused-ring (bicyclic) bond motifs is 1. The Morgan fingerprint density at radius 3 is 2.87 bits per heavy atom. The second-order valence-corrected chi connectivity index (χ2v) is 8.22. The number of halogens is 1. The van der Waals surface area contributed by atoms with Crippen molar-refractivity contribution in [3.63, 3.8) is 0 Å².